The van der Waals surface area contributed by atoms with Crippen LogP contribution < -0.4 is 0 Å². The van der Waals surface area contributed by atoms with Crippen LogP contribution in [0.3, 0.4) is 0 Å². The van der Waals surface area contributed by atoms with Crippen LogP contribution in [-0.2, 0) is 13.0 Å². The Labute approximate surface area is 108 Å². The van der Waals surface area contributed by atoms with Gasteiger partial charge in [0.2, 0.25) is 0 Å². The van der Waals surface area contributed by atoms with Crippen molar-refractivity contribution in [1.29, 1.82) is 5.26 Å². The van der Waals surface area contributed by atoms with Gasteiger partial charge in [-0.05, 0) is 24.8 Å². The second-order valence-corrected chi connectivity index (χ2v) is 5.87. The molecule has 0 saturated carbocycles. The van der Waals surface area contributed by atoms with Crippen molar-refractivity contribution in [3.05, 3.63) is 28.7 Å². The van der Waals surface area contributed by atoms with Crippen LogP contribution in [-0.4, -0.2) is 20.0 Å². The first kappa shape index (κ1) is 12.1. The summed E-state index contributed by atoms with van der Waals surface area (Å²) in [7, 11) is 0. The van der Waals surface area contributed by atoms with Gasteiger partial charge in [0.05, 0.1) is 11.3 Å². The fourth-order valence-electron chi connectivity index (χ4n) is 1.36. The maximum atomic E-state index is 8.78. The highest BCUT2D eigenvalue weighted by Crippen LogP contribution is 2.20. The monoisotopic (exact) mass is 264 g/mol. The third kappa shape index (κ3) is 3.32. The fraction of sp³-hybridized carbons (Fsp3) is 0.364. The van der Waals surface area contributed by atoms with Gasteiger partial charge in [-0.3, -0.25) is 0 Å². The number of hydrogen-bond acceptors (Lipinski definition) is 5. The predicted octanol–water partition coefficient (Wildman–Crippen LogP) is 2.59. The lowest BCUT2D eigenvalue weighted by Gasteiger charge is -2.05. The molecule has 0 saturated heterocycles. The van der Waals surface area contributed by atoms with Crippen LogP contribution in [0.4, 0.5) is 0 Å². The third-order valence-corrected chi connectivity index (χ3v) is 4.15. The van der Waals surface area contributed by atoms with Crippen molar-refractivity contribution in [2.45, 2.75) is 30.3 Å². The zero-order valence-electron chi connectivity index (χ0n) is 9.41. The minimum atomic E-state index is -0.0975. The second-order valence-electron chi connectivity index (χ2n) is 3.53. The molecule has 0 fully saturated rings. The van der Waals surface area contributed by atoms with Crippen LogP contribution in [0.2, 0.25) is 0 Å². The van der Waals surface area contributed by atoms with Gasteiger partial charge in [-0.1, -0.05) is 17.8 Å². The van der Waals surface area contributed by atoms with Crippen molar-refractivity contribution in [2.24, 2.45) is 0 Å². The van der Waals surface area contributed by atoms with Crippen molar-refractivity contribution in [1.82, 2.24) is 14.8 Å². The van der Waals surface area contributed by atoms with Crippen LogP contribution in [0.1, 0.15) is 11.8 Å². The molecule has 0 bridgehead atoms. The average molecular weight is 264 g/mol. The van der Waals surface area contributed by atoms with Crippen LogP contribution >= 0.6 is 23.1 Å². The predicted molar refractivity (Wildman–Crippen MR) is 69.0 cm³/mol. The molecule has 2 rings (SSSR count). The van der Waals surface area contributed by atoms with Gasteiger partial charge in [-0.2, -0.15) is 5.26 Å². The van der Waals surface area contributed by atoms with Crippen molar-refractivity contribution in [2.75, 3.05) is 0 Å². The zero-order valence-corrected chi connectivity index (χ0v) is 11.0. The summed E-state index contributed by atoms with van der Waals surface area (Å²) in [5.41, 5.74) is 0. The number of hydrogen-bond donors (Lipinski definition) is 0. The summed E-state index contributed by atoms with van der Waals surface area (Å²) < 4.78 is 2.00. The molecule has 0 aromatic carbocycles. The lowest BCUT2D eigenvalue weighted by molar-refractivity contribution is 0.637. The zero-order chi connectivity index (χ0) is 12.1. The highest BCUT2D eigenvalue weighted by molar-refractivity contribution is 8.00. The molecule has 2 aromatic rings. The SMILES string of the molecule is CC(C#N)Sc1nncn1CCc1cccs1. The van der Waals surface area contributed by atoms with E-state index in [-0.39, 0.29) is 5.25 Å². The van der Waals surface area contributed by atoms with E-state index in [1.165, 1.54) is 16.6 Å². The summed E-state index contributed by atoms with van der Waals surface area (Å²) in [5, 5.41) is 19.5. The maximum absolute atomic E-state index is 8.78. The van der Waals surface area contributed by atoms with Gasteiger partial charge in [0.1, 0.15) is 6.33 Å². The lowest BCUT2D eigenvalue weighted by Crippen LogP contribution is -2.03. The Morgan fingerprint density at radius 2 is 2.53 bits per heavy atom. The standard InChI is InChI=1S/C11H12N4S2/c1-9(7-12)17-11-14-13-8-15(11)5-4-10-3-2-6-16-10/h2-3,6,8-9H,4-5H2,1H3. The van der Waals surface area contributed by atoms with Crippen molar-refractivity contribution < 1.29 is 0 Å². The van der Waals surface area contributed by atoms with E-state index < -0.39 is 0 Å². The Kier molecular flexibility index (Phi) is 4.18. The number of nitrogens with zero attached hydrogens (tertiary/aromatic N) is 4. The van der Waals surface area contributed by atoms with Gasteiger partial charge in [0.15, 0.2) is 5.16 Å². The molecule has 0 aliphatic heterocycles. The first-order chi connectivity index (χ1) is 8.29. The van der Waals surface area contributed by atoms with Gasteiger partial charge >= 0.3 is 0 Å². The molecule has 1 atom stereocenters. The number of thioether (sulfide) groups is 1. The van der Waals surface area contributed by atoms with E-state index in [1.807, 2.05) is 11.5 Å². The van der Waals surface area contributed by atoms with Gasteiger partial charge in [0.25, 0.3) is 0 Å². The van der Waals surface area contributed by atoms with Crippen LogP contribution in [0, 0.1) is 11.3 Å². The normalized spacial score (nSPS) is 12.2. The molecule has 2 heterocycles. The Balaban J connectivity index is 1.97. The first-order valence-electron chi connectivity index (χ1n) is 5.26. The maximum Gasteiger partial charge on any atom is 0.192 e. The van der Waals surface area contributed by atoms with E-state index in [0.717, 1.165) is 18.1 Å². The van der Waals surface area contributed by atoms with E-state index in [9.17, 15) is 0 Å². The minimum Gasteiger partial charge on any atom is -0.308 e. The largest absolute Gasteiger partial charge is 0.308 e. The van der Waals surface area contributed by atoms with Crippen LogP contribution in [0.15, 0.2) is 29.0 Å². The first-order valence-corrected chi connectivity index (χ1v) is 7.02. The summed E-state index contributed by atoms with van der Waals surface area (Å²) in [6.07, 6.45) is 2.70. The number of aryl methyl sites for hydroxylation is 2. The highest BCUT2D eigenvalue weighted by atomic mass is 32.2. The molecule has 0 radical (unpaired) electrons. The second kappa shape index (κ2) is 5.84. The van der Waals surface area contributed by atoms with Crippen molar-refractivity contribution in [3.8, 4) is 6.07 Å². The van der Waals surface area contributed by atoms with E-state index in [0.29, 0.717) is 0 Å². The Hall–Kier alpha value is -1.32. The van der Waals surface area contributed by atoms with Gasteiger partial charge < -0.3 is 4.57 Å². The minimum absolute atomic E-state index is 0.0975. The quantitative estimate of drug-likeness (QED) is 0.779. The molecule has 0 N–H and O–H groups in total. The number of thiophene rings is 1. The molecule has 17 heavy (non-hydrogen) atoms. The number of rotatable bonds is 5. The smallest absolute Gasteiger partial charge is 0.192 e. The summed E-state index contributed by atoms with van der Waals surface area (Å²) in [6.45, 7) is 2.72. The molecular formula is C11H12N4S2. The number of aromatic nitrogens is 3. The molecule has 0 aliphatic rings. The van der Waals surface area contributed by atoms with E-state index in [4.69, 9.17) is 5.26 Å². The topological polar surface area (TPSA) is 54.5 Å². The molecule has 1 unspecified atom stereocenters. The van der Waals surface area contributed by atoms with E-state index >= 15 is 0 Å². The summed E-state index contributed by atoms with van der Waals surface area (Å²) in [4.78, 5) is 1.35. The van der Waals surface area contributed by atoms with Crippen LogP contribution in [0.5, 0.6) is 0 Å². The Morgan fingerprint density at radius 1 is 1.65 bits per heavy atom. The van der Waals surface area contributed by atoms with E-state index in [2.05, 4.69) is 33.8 Å². The molecule has 0 aliphatic carbocycles. The van der Waals surface area contributed by atoms with Crippen LogP contribution in [0.25, 0.3) is 0 Å². The average Bonchev–Trinajstić information content (AvgIpc) is 2.97. The molecule has 2 aromatic heterocycles. The Bertz CT molecular complexity index is 498. The molecule has 4 nitrogen and oxygen atoms in total. The summed E-state index contributed by atoms with van der Waals surface area (Å²) >= 11 is 3.20. The third-order valence-electron chi connectivity index (χ3n) is 2.22. The lowest BCUT2D eigenvalue weighted by atomic mass is 10.3. The fourth-order valence-corrected chi connectivity index (χ4v) is 2.79. The molecule has 6 heteroatoms. The summed E-state index contributed by atoms with van der Waals surface area (Å²) in [5.74, 6) is 0. The van der Waals surface area contributed by atoms with Crippen molar-refractivity contribution >= 4 is 23.1 Å². The van der Waals surface area contributed by atoms with Crippen molar-refractivity contribution in [3.63, 3.8) is 0 Å². The van der Waals surface area contributed by atoms with E-state index in [1.54, 1.807) is 17.7 Å². The summed E-state index contributed by atoms with van der Waals surface area (Å²) in [6, 6.07) is 6.36. The van der Waals surface area contributed by atoms with Gasteiger partial charge in [0, 0.05) is 11.4 Å². The highest BCUT2D eigenvalue weighted by Gasteiger charge is 2.09. The molecule has 0 amide bonds. The Morgan fingerprint density at radius 3 is 3.24 bits per heavy atom. The molecule has 0 spiro atoms. The number of nitriles is 1. The van der Waals surface area contributed by atoms with Gasteiger partial charge in [-0.15, -0.1) is 21.5 Å². The van der Waals surface area contributed by atoms with Gasteiger partial charge in [-0.25, -0.2) is 0 Å². The molecule has 88 valence electrons. The molecular weight excluding hydrogens is 252 g/mol.